The molecule has 0 aromatic carbocycles. The summed E-state index contributed by atoms with van der Waals surface area (Å²) in [6, 6.07) is 2.13. The first-order valence-corrected chi connectivity index (χ1v) is 5.28. The zero-order valence-electron chi connectivity index (χ0n) is 9.77. The second kappa shape index (κ2) is 4.09. The van der Waals surface area contributed by atoms with Crippen LogP contribution in [0.5, 0.6) is 0 Å². The topological polar surface area (TPSA) is 68.2 Å². The fraction of sp³-hybridized carbons (Fsp3) is 0.455. The van der Waals surface area contributed by atoms with Gasteiger partial charge in [-0.15, -0.1) is 0 Å². The Kier molecular flexibility index (Phi) is 2.78. The van der Waals surface area contributed by atoms with Gasteiger partial charge in [0.15, 0.2) is 5.58 Å². The van der Waals surface area contributed by atoms with Crippen LogP contribution in [-0.4, -0.2) is 29.8 Å². The van der Waals surface area contributed by atoms with Crippen LogP contribution in [0.1, 0.15) is 12.6 Å². The first kappa shape index (κ1) is 10.9. The fourth-order valence-electron chi connectivity index (χ4n) is 1.52. The van der Waals surface area contributed by atoms with Gasteiger partial charge in [0.2, 0.25) is 0 Å². The van der Waals surface area contributed by atoms with Gasteiger partial charge in [0.05, 0.1) is 11.1 Å². The Labute approximate surface area is 94.2 Å². The van der Waals surface area contributed by atoms with Gasteiger partial charge in [-0.1, -0.05) is 5.16 Å². The lowest BCUT2D eigenvalue weighted by Crippen LogP contribution is -2.35. The van der Waals surface area contributed by atoms with Crippen molar-refractivity contribution in [3.05, 3.63) is 18.0 Å². The summed E-state index contributed by atoms with van der Waals surface area (Å²) < 4.78 is 5.20. The molecule has 86 valence electrons. The van der Waals surface area contributed by atoms with Crippen molar-refractivity contribution in [1.82, 2.24) is 10.1 Å². The predicted molar refractivity (Wildman–Crippen MR) is 63.5 cm³/mol. The summed E-state index contributed by atoms with van der Waals surface area (Å²) in [5, 5.41) is 4.86. The van der Waals surface area contributed by atoms with Crippen LogP contribution in [0.4, 0.5) is 5.82 Å². The molecule has 0 radical (unpaired) electrons. The van der Waals surface area contributed by atoms with Crippen LogP contribution in [0, 0.1) is 6.92 Å². The van der Waals surface area contributed by atoms with E-state index in [0.29, 0.717) is 6.54 Å². The molecule has 0 bridgehead atoms. The number of rotatable bonds is 3. The Balaban J connectivity index is 2.39. The highest BCUT2D eigenvalue weighted by Gasteiger charge is 2.12. The molecule has 2 heterocycles. The van der Waals surface area contributed by atoms with Crippen LogP contribution in [0.2, 0.25) is 0 Å². The molecule has 0 saturated heterocycles. The minimum atomic E-state index is 0.244. The molecule has 5 heteroatoms. The van der Waals surface area contributed by atoms with E-state index >= 15 is 0 Å². The zero-order valence-corrected chi connectivity index (χ0v) is 9.77. The third kappa shape index (κ3) is 1.74. The summed E-state index contributed by atoms with van der Waals surface area (Å²) in [6.07, 6.45) is 1.79. The van der Waals surface area contributed by atoms with Crippen LogP contribution >= 0.6 is 0 Å². The average Bonchev–Trinajstić information content (AvgIpc) is 2.68. The smallest absolute Gasteiger partial charge is 0.172 e. The highest BCUT2D eigenvalue weighted by atomic mass is 16.5. The Morgan fingerprint density at radius 3 is 3.00 bits per heavy atom. The monoisotopic (exact) mass is 220 g/mol. The van der Waals surface area contributed by atoms with Crippen LogP contribution in [-0.2, 0) is 0 Å². The number of aryl methyl sites for hydroxylation is 1. The maximum absolute atomic E-state index is 5.62. The molecule has 2 N–H and O–H groups in total. The van der Waals surface area contributed by atoms with Crippen molar-refractivity contribution >= 4 is 16.8 Å². The molecule has 1 unspecified atom stereocenters. The molecule has 0 aliphatic carbocycles. The third-order valence-electron chi connectivity index (χ3n) is 2.89. The van der Waals surface area contributed by atoms with Gasteiger partial charge in [-0.05, 0) is 13.8 Å². The molecular formula is C11H16N4O. The molecule has 0 spiro atoms. The maximum Gasteiger partial charge on any atom is 0.172 e. The first-order chi connectivity index (χ1) is 7.63. The Bertz CT molecular complexity index is 494. The number of nitrogens with zero attached hydrogens (tertiary/aromatic N) is 3. The van der Waals surface area contributed by atoms with Gasteiger partial charge in [0.1, 0.15) is 5.82 Å². The van der Waals surface area contributed by atoms with Crippen molar-refractivity contribution in [2.75, 3.05) is 18.5 Å². The van der Waals surface area contributed by atoms with E-state index in [2.05, 4.69) is 17.1 Å². The molecule has 0 aliphatic rings. The second-order valence-corrected chi connectivity index (χ2v) is 4.00. The van der Waals surface area contributed by atoms with Crippen molar-refractivity contribution < 1.29 is 4.52 Å². The molecule has 2 aromatic heterocycles. The van der Waals surface area contributed by atoms with Gasteiger partial charge in [-0.3, -0.25) is 0 Å². The van der Waals surface area contributed by atoms with Gasteiger partial charge in [0, 0.05) is 31.9 Å². The lowest BCUT2D eigenvalue weighted by molar-refractivity contribution is 0.450. The van der Waals surface area contributed by atoms with E-state index in [1.807, 2.05) is 24.9 Å². The van der Waals surface area contributed by atoms with E-state index in [1.54, 1.807) is 6.20 Å². The molecule has 0 amide bonds. The van der Waals surface area contributed by atoms with Gasteiger partial charge in [0.25, 0.3) is 0 Å². The lowest BCUT2D eigenvalue weighted by atomic mass is 10.2. The van der Waals surface area contributed by atoms with E-state index in [-0.39, 0.29) is 6.04 Å². The highest BCUT2D eigenvalue weighted by molar-refractivity contribution is 5.80. The van der Waals surface area contributed by atoms with Gasteiger partial charge < -0.3 is 15.2 Å². The van der Waals surface area contributed by atoms with Crippen molar-refractivity contribution in [2.24, 2.45) is 5.73 Å². The van der Waals surface area contributed by atoms with E-state index in [9.17, 15) is 0 Å². The molecule has 0 fully saturated rings. The summed E-state index contributed by atoms with van der Waals surface area (Å²) in [6.45, 7) is 4.54. The number of hydrogen-bond donors (Lipinski definition) is 1. The molecule has 2 aromatic rings. The molecular weight excluding hydrogens is 204 g/mol. The summed E-state index contributed by atoms with van der Waals surface area (Å²) in [7, 11) is 1.97. The summed E-state index contributed by atoms with van der Waals surface area (Å²) >= 11 is 0. The number of fused-ring (bicyclic) bond motifs is 1. The van der Waals surface area contributed by atoms with Crippen molar-refractivity contribution in [1.29, 1.82) is 0 Å². The first-order valence-electron chi connectivity index (χ1n) is 5.28. The van der Waals surface area contributed by atoms with Gasteiger partial charge >= 0.3 is 0 Å². The Morgan fingerprint density at radius 2 is 2.31 bits per heavy atom. The number of aromatic nitrogens is 2. The van der Waals surface area contributed by atoms with Gasteiger partial charge in [-0.2, -0.15) is 0 Å². The molecule has 0 aliphatic heterocycles. The van der Waals surface area contributed by atoms with Gasteiger partial charge in [-0.25, -0.2) is 4.98 Å². The predicted octanol–water partition coefficient (Wildman–Crippen LogP) is 1.31. The largest absolute Gasteiger partial charge is 0.356 e. The molecule has 2 rings (SSSR count). The Hall–Kier alpha value is -1.62. The fourth-order valence-corrected chi connectivity index (χ4v) is 1.52. The van der Waals surface area contributed by atoms with Crippen LogP contribution in [0.3, 0.4) is 0 Å². The highest BCUT2D eigenvalue weighted by Crippen LogP contribution is 2.21. The van der Waals surface area contributed by atoms with Crippen LogP contribution < -0.4 is 10.6 Å². The minimum absolute atomic E-state index is 0.244. The SMILES string of the molecule is Cc1noc2cc(N(C)C(C)CN)ncc12. The number of likely N-dealkylation sites (N-methyl/N-ethyl adjacent to an activating group) is 1. The Morgan fingerprint density at radius 1 is 1.56 bits per heavy atom. The van der Waals surface area contributed by atoms with Crippen LogP contribution in [0.15, 0.2) is 16.8 Å². The van der Waals surface area contributed by atoms with E-state index in [1.165, 1.54) is 0 Å². The summed E-state index contributed by atoms with van der Waals surface area (Å²) in [5.41, 5.74) is 7.25. The number of hydrogen-bond acceptors (Lipinski definition) is 5. The van der Waals surface area contributed by atoms with Crippen LogP contribution in [0.25, 0.3) is 11.0 Å². The lowest BCUT2D eigenvalue weighted by Gasteiger charge is -2.24. The molecule has 16 heavy (non-hydrogen) atoms. The molecule has 5 nitrogen and oxygen atoms in total. The number of anilines is 1. The maximum atomic E-state index is 5.62. The zero-order chi connectivity index (χ0) is 11.7. The molecule has 1 atom stereocenters. The van der Waals surface area contributed by atoms with E-state index < -0.39 is 0 Å². The summed E-state index contributed by atoms with van der Waals surface area (Å²) in [4.78, 5) is 6.40. The van der Waals surface area contributed by atoms with Crippen molar-refractivity contribution in [3.63, 3.8) is 0 Å². The third-order valence-corrected chi connectivity index (χ3v) is 2.89. The number of pyridine rings is 1. The summed E-state index contributed by atoms with van der Waals surface area (Å²) in [5.74, 6) is 0.849. The molecule has 0 saturated carbocycles. The minimum Gasteiger partial charge on any atom is -0.356 e. The number of nitrogens with two attached hydrogens (primary N) is 1. The normalized spacial score (nSPS) is 13.0. The van der Waals surface area contributed by atoms with Crippen molar-refractivity contribution in [3.8, 4) is 0 Å². The second-order valence-electron chi connectivity index (χ2n) is 4.00. The van der Waals surface area contributed by atoms with E-state index in [4.69, 9.17) is 10.3 Å². The standard InChI is InChI=1S/C11H16N4O/c1-7(5-12)15(3)11-4-10-9(6-13-11)8(2)14-16-10/h4,6-7H,5,12H2,1-3H3. The van der Waals surface area contributed by atoms with E-state index in [0.717, 1.165) is 22.5 Å². The van der Waals surface area contributed by atoms with Crippen molar-refractivity contribution in [2.45, 2.75) is 19.9 Å². The quantitative estimate of drug-likeness (QED) is 0.844. The average molecular weight is 220 g/mol.